The monoisotopic (exact) mass is 128 g/mol. The van der Waals surface area contributed by atoms with Crippen molar-refractivity contribution in [3.8, 4) is 0 Å². The zero-order chi connectivity index (χ0) is 6.16. The number of hydrogen-bond acceptors (Lipinski definition) is 3. The van der Waals surface area contributed by atoms with E-state index in [0.29, 0.717) is 0 Å². The Morgan fingerprint density at radius 3 is 2.56 bits per heavy atom. The van der Waals surface area contributed by atoms with Gasteiger partial charge in [0.1, 0.15) is 0 Å². The molecule has 0 bridgehead atoms. The van der Waals surface area contributed by atoms with Crippen LogP contribution >= 0.6 is 0 Å². The summed E-state index contributed by atoms with van der Waals surface area (Å²) >= 11 is 0. The van der Waals surface area contributed by atoms with E-state index in [0.717, 1.165) is 19.7 Å². The average molecular weight is 128 g/mol. The summed E-state index contributed by atoms with van der Waals surface area (Å²) < 4.78 is 5.58. The average Bonchev–Trinajstić information content (AvgIpc) is 2.45. The lowest BCUT2D eigenvalue weighted by atomic mass is 10.0. The predicted molar refractivity (Wildman–Crippen MR) is 33.9 cm³/mol. The molecule has 0 radical (unpaired) electrons. The third kappa shape index (κ3) is 0.852. The smallest absolute Gasteiger partial charge is 0.0958 e. The first-order valence-electron chi connectivity index (χ1n) is 3.51. The Balaban J connectivity index is 2.04. The first-order valence-corrected chi connectivity index (χ1v) is 3.51. The van der Waals surface area contributed by atoms with E-state index < -0.39 is 0 Å². The molecule has 0 unspecified atom stereocenters. The number of nitrogens with one attached hydrogen (secondary N) is 2. The summed E-state index contributed by atoms with van der Waals surface area (Å²) in [4.78, 5) is 0. The van der Waals surface area contributed by atoms with E-state index in [9.17, 15) is 0 Å². The van der Waals surface area contributed by atoms with Gasteiger partial charge in [0, 0.05) is 19.7 Å². The van der Waals surface area contributed by atoms with Crippen molar-refractivity contribution in [1.29, 1.82) is 0 Å². The highest BCUT2D eigenvalue weighted by Gasteiger charge is 2.37. The molecule has 0 aromatic heterocycles. The fourth-order valence-corrected chi connectivity index (χ4v) is 1.54. The quantitative estimate of drug-likeness (QED) is 0.467. The van der Waals surface area contributed by atoms with Gasteiger partial charge in [-0.1, -0.05) is 0 Å². The number of hydrogen-bond donors (Lipinski definition) is 2. The zero-order valence-corrected chi connectivity index (χ0v) is 5.44. The molecule has 0 aromatic rings. The molecule has 9 heavy (non-hydrogen) atoms. The molecule has 0 saturated carbocycles. The molecule has 2 aliphatic rings. The topological polar surface area (TPSA) is 33.3 Å². The minimum atomic E-state index is 0.167. The summed E-state index contributed by atoms with van der Waals surface area (Å²) in [6.45, 7) is 2.91. The molecule has 3 nitrogen and oxygen atoms in total. The SMILES string of the molecule is C1COC2(C1)CNNC2. The van der Waals surface area contributed by atoms with E-state index in [1.54, 1.807) is 0 Å². The molecule has 2 rings (SSSR count). The fourth-order valence-electron chi connectivity index (χ4n) is 1.54. The fraction of sp³-hybridized carbons (Fsp3) is 1.00. The van der Waals surface area contributed by atoms with E-state index in [-0.39, 0.29) is 5.60 Å². The van der Waals surface area contributed by atoms with Crippen LogP contribution in [0.4, 0.5) is 0 Å². The van der Waals surface area contributed by atoms with Crippen LogP contribution in [0.15, 0.2) is 0 Å². The maximum absolute atomic E-state index is 5.58. The summed E-state index contributed by atoms with van der Waals surface area (Å²) in [7, 11) is 0. The van der Waals surface area contributed by atoms with E-state index >= 15 is 0 Å². The second-order valence-electron chi connectivity index (χ2n) is 2.84. The van der Waals surface area contributed by atoms with Gasteiger partial charge in [0.25, 0.3) is 0 Å². The molecule has 2 heterocycles. The molecule has 1 spiro atoms. The van der Waals surface area contributed by atoms with Crippen molar-refractivity contribution >= 4 is 0 Å². The minimum Gasteiger partial charge on any atom is -0.372 e. The number of ether oxygens (including phenoxy) is 1. The Morgan fingerprint density at radius 2 is 2.00 bits per heavy atom. The maximum Gasteiger partial charge on any atom is 0.0958 e. The molecule has 0 aliphatic carbocycles. The Kier molecular flexibility index (Phi) is 1.22. The second kappa shape index (κ2) is 1.94. The predicted octanol–water partition coefficient (Wildman–Crippen LogP) is -0.357. The van der Waals surface area contributed by atoms with Gasteiger partial charge in [-0.25, -0.2) is 0 Å². The third-order valence-corrected chi connectivity index (χ3v) is 2.13. The molecule has 2 aliphatic heterocycles. The third-order valence-electron chi connectivity index (χ3n) is 2.13. The van der Waals surface area contributed by atoms with Crippen molar-refractivity contribution in [2.75, 3.05) is 19.7 Å². The maximum atomic E-state index is 5.58. The van der Waals surface area contributed by atoms with Crippen LogP contribution in [0.5, 0.6) is 0 Å². The van der Waals surface area contributed by atoms with Crippen molar-refractivity contribution in [1.82, 2.24) is 10.9 Å². The van der Waals surface area contributed by atoms with Crippen LogP contribution < -0.4 is 10.9 Å². The van der Waals surface area contributed by atoms with Crippen molar-refractivity contribution in [2.24, 2.45) is 0 Å². The molecule has 3 heteroatoms. The van der Waals surface area contributed by atoms with Crippen molar-refractivity contribution in [3.63, 3.8) is 0 Å². The zero-order valence-electron chi connectivity index (χ0n) is 5.44. The normalized spacial score (nSPS) is 32.0. The van der Waals surface area contributed by atoms with Crippen LogP contribution in [0.25, 0.3) is 0 Å². The summed E-state index contributed by atoms with van der Waals surface area (Å²) in [6.07, 6.45) is 2.44. The summed E-state index contributed by atoms with van der Waals surface area (Å²) in [5.41, 5.74) is 6.33. The van der Waals surface area contributed by atoms with Crippen LogP contribution in [-0.4, -0.2) is 25.3 Å². The van der Waals surface area contributed by atoms with Gasteiger partial charge in [0.05, 0.1) is 5.60 Å². The number of hydrazine groups is 1. The van der Waals surface area contributed by atoms with Crippen LogP contribution in [0, 0.1) is 0 Å². The highest BCUT2D eigenvalue weighted by Crippen LogP contribution is 2.25. The summed E-state index contributed by atoms with van der Waals surface area (Å²) in [5, 5.41) is 0. The lowest BCUT2D eigenvalue weighted by Gasteiger charge is -2.18. The van der Waals surface area contributed by atoms with E-state index in [1.165, 1.54) is 12.8 Å². The van der Waals surface area contributed by atoms with Gasteiger partial charge in [-0.2, -0.15) is 0 Å². The molecular formula is C6H12N2O. The molecular weight excluding hydrogens is 116 g/mol. The van der Waals surface area contributed by atoms with Crippen LogP contribution in [0.3, 0.4) is 0 Å². The largest absolute Gasteiger partial charge is 0.372 e. The lowest BCUT2D eigenvalue weighted by Crippen LogP contribution is -2.33. The highest BCUT2D eigenvalue weighted by atomic mass is 16.5. The molecule has 0 aromatic carbocycles. The summed E-state index contributed by atoms with van der Waals surface area (Å²) in [5.74, 6) is 0. The Hall–Kier alpha value is -0.120. The molecule has 52 valence electrons. The van der Waals surface area contributed by atoms with Crippen molar-refractivity contribution < 1.29 is 4.74 Å². The van der Waals surface area contributed by atoms with Gasteiger partial charge in [-0.3, -0.25) is 10.9 Å². The van der Waals surface area contributed by atoms with Crippen LogP contribution in [0.1, 0.15) is 12.8 Å². The first kappa shape index (κ1) is 5.65. The van der Waals surface area contributed by atoms with Crippen molar-refractivity contribution in [3.05, 3.63) is 0 Å². The Morgan fingerprint density at radius 1 is 1.22 bits per heavy atom. The molecule has 2 N–H and O–H groups in total. The van der Waals surface area contributed by atoms with Gasteiger partial charge in [-0.15, -0.1) is 0 Å². The summed E-state index contributed by atoms with van der Waals surface area (Å²) in [6, 6.07) is 0. The molecule has 2 fully saturated rings. The Bertz CT molecular complexity index is 86.1. The van der Waals surface area contributed by atoms with E-state index in [4.69, 9.17) is 4.74 Å². The van der Waals surface area contributed by atoms with Gasteiger partial charge in [-0.05, 0) is 12.8 Å². The Labute approximate surface area is 54.7 Å². The molecule has 0 amide bonds. The van der Waals surface area contributed by atoms with Gasteiger partial charge in [0.15, 0.2) is 0 Å². The van der Waals surface area contributed by atoms with Crippen LogP contribution in [-0.2, 0) is 4.74 Å². The first-order chi connectivity index (χ1) is 4.41. The van der Waals surface area contributed by atoms with Gasteiger partial charge < -0.3 is 4.74 Å². The standard InChI is InChI=1S/C6H12N2O/c1-2-6(9-3-1)4-7-8-5-6/h7-8H,1-5H2. The van der Waals surface area contributed by atoms with Gasteiger partial charge in [0.2, 0.25) is 0 Å². The number of rotatable bonds is 0. The van der Waals surface area contributed by atoms with E-state index in [1.807, 2.05) is 0 Å². The highest BCUT2D eigenvalue weighted by molar-refractivity contribution is 4.92. The van der Waals surface area contributed by atoms with E-state index in [2.05, 4.69) is 10.9 Å². The van der Waals surface area contributed by atoms with Gasteiger partial charge >= 0.3 is 0 Å². The van der Waals surface area contributed by atoms with Crippen LogP contribution in [0.2, 0.25) is 0 Å². The second-order valence-corrected chi connectivity index (χ2v) is 2.84. The molecule has 2 saturated heterocycles. The van der Waals surface area contributed by atoms with Crippen molar-refractivity contribution in [2.45, 2.75) is 18.4 Å². The lowest BCUT2D eigenvalue weighted by molar-refractivity contribution is 0.0310. The molecule has 0 atom stereocenters. The minimum absolute atomic E-state index is 0.167.